The zero-order valence-corrected chi connectivity index (χ0v) is 11.5. The first kappa shape index (κ1) is 15.1. The first-order valence-electron chi connectivity index (χ1n) is 5.30. The quantitative estimate of drug-likeness (QED) is 0.910. The maximum absolute atomic E-state index is 12.9. The summed E-state index contributed by atoms with van der Waals surface area (Å²) < 4.78 is 34.3. The fraction of sp³-hybridized carbons (Fsp3) is 0.333. The zero-order valence-electron chi connectivity index (χ0n) is 10.7. The Hall–Kier alpha value is -1.94. The highest BCUT2D eigenvalue weighted by atomic mass is 32.2. The van der Waals surface area contributed by atoms with E-state index in [0.717, 1.165) is 18.4 Å². The van der Waals surface area contributed by atoms with Gasteiger partial charge in [-0.25, -0.2) is 12.8 Å². The summed E-state index contributed by atoms with van der Waals surface area (Å²) >= 11 is 0. The first-order chi connectivity index (χ1) is 8.59. The fourth-order valence-electron chi connectivity index (χ4n) is 1.16. The van der Waals surface area contributed by atoms with Gasteiger partial charge in [-0.2, -0.15) is 5.26 Å². The van der Waals surface area contributed by atoms with E-state index in [0.29, 0.717) is 0 Å². The van der Waals surface area contributed by atoms with E-state index in [9.17, 15) is 17.6 Å². The van der Waals surface area contributed by atoms with Crippen molar-refractivity contribution in [2.45, 2.75) is 18.6 Å². The average molecular weight is 284 g/mol. The van der Waals surface area contributed by atoms with E-state index < -0.39 is 26.3 Å². The first-order valence-corrected chi connectivity index (χ1v) is 7.19. The number of carbonyl (C=O) groups is 1. The Morgan fingerprint density at radius 2 is 2.00 bits per heavy atom. The molecule has 7 heteroatoms. The summed E-state index contributed by atoms with van der Waals surface area (Å²) in [5.41, 5.74) is 0.00303. The van der Waals surface area contributed by atoms with Gasteiger partial charge in [0.05, 0.1) is 11.3 Å². The monoisotopic (exact) mass is 284 g/mol. The lowest BCUT2D eigenvalue weighted by Crippen LogP contribution is -2.44. The maximum atomic E-state index is 12.9. The number of hydrogen-bond donors (Lipinski definition) is 1. The lowest BCUT2D eigenvalue weighted by Gasteiger charge is -2.21. The lowest BCUT2D eigenvalue weighted by atomic mass is 10.1. The predicted molar refractivity (Wildman–Crippen MR) is 68.7 cm³/mol. The highest BCUT2D eigenvalue weighted by Crippen LogP contribution is 2.21. The van der Waals surface area contributed by atoms with Crippen molar-refractivity contribution in [3.05, 3.63) is 29.6 Å². The number of amides is 1. The summed E-state index contributed by atoms with van der Waals surface area (Å²) in [5.74, 6) is -1.39. The van der Waals surface area contributed by atoms with Crippen LogP contribution in [0.15, 0.2) is 18.2 Å². The number of halogens is 1. The Bertz CT molecular complexity index is 660. The van der Waals surface area contributed by atoms with Gasteiger partial charge in [0.1, 0.15) is 16.6 Å². The van der Waals surface area contributed by atoms with Crippen LogP contribution in [-0.4, -0.2) is 25.3 Å². The summed E-state index contributed by atoms with van der Waals surface area (Å²) in [6.45, 7) is 2.51. The Morgan fingerprint density at radius 3 is 2.47 bits per heavy atom. The second-order valence-electron chi connectivity index (χ2n) is 4.54. The summed E-state index contributed by atoms with van der Waals surface area (Å²) in [7, 11) is -3.62. The van der Waals surface area contributed by atoms with Crippen molar-refractivity contribution >= 4 is 21.4 Å². The SMILES string of the molecule is CC(C)(C(=O)Nc1ccc(F)cc1C#N)S(C)(=O)=O. The molecule has 1 aromatic rings. The second-order valence-corrected chi connectivity index (χ2v) is 7.10. The van der Waals surface area contributed by atoms with Crippen LogP contribution in [0.2, 0.25) is 0 Å². The largest absolute Gasteiger partial charge is 0.324 e. The van der Waals surface area contributed by atoms with E-state index in [1.165, 1.54) is 19.9 Å². The molecule has 102 valence electrons. The molecule has 0 saturated heterocycles. The topological polar surface area (TPSA) is 87.0 Å². The summed E-state index contributed by atoms with van der Waals surface area (Å²) in [6, 6.07) is 4.97. The average Bonchev–Trinajstić information content (AvgIpc) is 2.29. The molecule has 1 amide bonds. The number of anilines is 1. The normalized spacial score (nSPS) is 11.7. The van der Waals surface area contributed by atoms with E-state index in [2.05, 4.69) is 5.32 Å². The molecule has 1 N–H and O–H groups in total. The molecule has 0 fully saturated rings. The molecule has 0 spiro atoms. The van der Waals surface area contributed by atoms with Crippen molar-refractivity contribution in [3.8, 4) is 6.07 Å². The minimum Gasteiger partial charge on any atom is -0.324 e. The standard InChI is InChI=1S/C12H13FN2O3S/c1-12(2,19(3,17)18)11(16)15-10-5-4-9(13)6-8(10)7-14/h4-6H,1-3H3,(H,15,16). The number of sulfone groups is 1. The van der Waals surface area contributed by atoms with E-state index in [1.54, 1.807) is 6.07 Å². The van der Waals surface area contributed by atoms with Crippen LogP contribution in [0.4, 0.5) is 10.1 Å². The van der Waals surface area contributed by atoms with Crippen LogP contribution in [0.1, 0.15) is 19.4 Å². The second kappa shape index (κ2) is 4.97. The molecule has 0 aliphatic heterocycles. The van der Waals surface area contributed by atoms with Crippen molar-refractivity contribution in [3.63, 3.8) is 0 Å². The van der Waals surface area contributed by atoms with Crippen molar-refractivity contribution in [1.29, 1.82) is 5.26 Å². The third kappa shape index (κ3) is 3.09. The number of benzene rings is 1. The van der Waals surface area contributed by atoms with Crippen LogP contribution in [0.5, 0.6) is 0 Å². The molecule has 0 radical (unpaired) electrons. The molecule has 0 heterocycles. The van der Waals surface area contributed by atoms with Crippen molar-refractivity contribution in [1.82, 2.24) is 0 Å². The van der Waals surface area contributed by atoms with E-state index in [1.807, 2.05) is 0 Å². The fourth-order valence-corrected chi connectivity index (χ4v) is 1.55. The Kier molecular flexibility index (Phi) is 3.96. The third-order valence-electron chi connectivity index (χ3n) is 2.82. The summed E-state index contributed by atoms with van der Waals surface area (Å²) in [5, 5.41) is 11.2. The Labute approximate surface area is 111 Å². The summed E-state index contributed by atoms with van der Waals surface area (Å²) in [4.78, 5) is 11.9. The zero-order chi connectivity index (χ0) is 14.8. The van der Waals surface area contributed by atoms with Gasteiger partial charge in [-0.3, -0.25) is 4.79 Å². The molecule has 19 heavy (non-hydrogen) atoms. The highest BCUT2D eigenvalue weighted by molar-refractivity contribution is 7.92. The molecular formula is C12H13FN2O3S. The Morgan fingerprint density at radius 1 is 1.42 bits per heavy atom. The predicted octanol–water partition coefficient (Wildman–Crippen LogP) is 1.46. The molecular weight excluding hydrogens is 271 g/mol. The van der Waals surface area contributed by atoms with Crippen LogP contribution in [-0.2, 0) is 14.6 Å². The maximum Gasteiger partial charge on any atom is 0.245 e. The molecule has 5 nitrogen and oxygen atoms in total. The Balaban J connectivity index is 3.12. The number of carbonyl (C=O) groups excluding carboxylic acids is 1. The van der Waals surface area contributed by atoms with Gasteiger partial charge in [0.2, 0.25) is 5.91 Å². The van der Waals surface area contributed by atoms with E-state index >= 15 is 0 Å². The van der Waals surface area contributed by atoms with Gasteiger partial charge in [-0.15, -0.1) is 0 Å². The van der Waals surface area contributed by atoms with Gasteiger partial charge >= 0.3 is 0 Å². The highest BCUT2D eigenvalue weighted by Gasteiger charge is 2.38. The number of nitriles is 1. The number of nitrogens with zero attached hydrogens (tertiary/aromatic N) is 1. The third-order valence-corrected chi connectivity index (χ3v) is 4.86. The smallest absolute Gasteiger partial charge is 0.245 e. The molecule has 0 aliphatic rings. The van der Waals surface area contributed by atoms with Gasteiger partial charge in [-0.1, -0.05) is 0 Å². The number of hydrogen-bond acceptors (Lipinski definition) is 4. The van der Waals surface area contributed by atoms with Gasteiger partial charge in [0, 0.05) is 6.26 Å². The van der Waals surface area contributed by atoms with Gasteiger partial charge in [-0.05, 0) is 32.0 Å². The molecule has 1 rings (SSSR count). The molecule has 0 saturated carbocycles. The van der Waals surface area contributed by atoms with Crippen LogP contribution >= 0.6 is 0 Å². The number of rotatable bonds is 3. The van der Waals surface area contributed by atoms with Gasteiger partial charge in [0.25, 0.3) is 0 Å². The molecule has 0 atom stereocenters. The van der Waals surface area contributed by atoms with Crippen LogP contribution in [0.25, 0.3) is 0 Å². The molecule has 1 aromatic carbocycles. The van der Waals surface area contributed by atoms with Crippen LogP contribution < -0.4 is 5.32 Å². The van der Waals surface area contributed by atoms with Crippen molar-refractivity contribution < 1.29 is 17.6 Å². The van der Waals surface area contributed by atoms with Crippen molar-refractivity contribution in [2.24, 2.45) is 0 Å². The van der Waals surface area contributed by atoms with E-state index in [-0.39, 0.29) is 11.3 Å². The molecule has 0 unspecified atom stereocenters. The van der Waals surface area contributed by atoms with E-state index in [4.69, 9.17) is 5.26 Å². The van der Waals surface area contributed by atoms with Crippen molar-refractivity contribution in [2.75, 3.05) is 11.6 Å². The molecule has 0 aliphatic carbocycles. The lowest BCUT2D eigenvalue weighted by molar-refractivity contribution is -0.117. The van der Waals surface area contributed by atoms with Crippen LogP contribution in [0.3, 0.4) is 0 Å². The minimum atomic E-state index is -3.62. The molecule has 0 bridgehead atoms. The van der Waals surface area contributed by atoms with Gasteiger partial charge < -0.3 is 5.32 Å². The minimum absolute atomic E-state index is 0.0716. The number of nitrogens with one attached hydrogen (secondary N) is 1. The van der Waals surface area contributed by atoms with Gasteiger partial charge in [0.15, 0.2) is 9.84 Å². The van der Waals surface area contributed by atoms with Crippen LogP contribution in [0, 0.1) is 17.1 Å². The summed E-state index contributed by atoms with van der Waals surface area (Å²) in [6.07, 6.45) is 0.947. The molecule has 0 aromatic heterocycles.